The van der Waals surface area contributed by atoms with E-state index < -0.39 is 0 Å². The molecule has 0 spiro atoms. The first-order valence-electron chi connectivity index (χ1n) is 14.3. The quantitative estimate of drug-likeness (QED) is 0.101. The highest BCUT2D eigenvalue weighted by molar-refractivity contribution is 5.87. The van der Waals surface area contributed by atoms with Crippen LogP contribution in [-0.4, -0.2) is 42.3 Å². The molecule has 1 aromatic carbocycles. The first kappa shape index (κ1) is 30.7. The minimum atomic E-state index is -0.353. The van der Waals surface area contributed by atoms with Crippen molar-refractivity contribution in [2.75, 3.05) is 6.79 Å². The molecule has 0 aliphatic heterocycles. The second-order valence-corrected chi connectivity index (χ2v) is 11.1. The van der Waals surface area contributed by atoms with Crippen LogP contribution < -0.4 is 4.74 Å². The molecule has 1 N–H and O–H groups in total. The van der Waals surface area contributed by atoms with Crippen LogP contribution >= 0.6 is 0 Å². The second kappa shape index (κ2) is 15.1. The second-order valence-electron chi connectivity index (χ2n) is 11.1. The Morgan fingerprint density at radius 3 is 2.15 bits per heavy atom. The predicted octanol–water partition coefficient (Wildman–Crippen LogP) is 7.08. The average Bonchev–Trinajstić information content (AvgIpc) is 2.91. The van der Waals surface area contributed by atoms with Gasteiger partial charge in [-0.3, -0.25) is 0 Å². The summed E-state index contributed by atoms with van der Waals surface area (Å²) in [6.07, 6.45) is 17.3. The predicted molar refractivity (Wildman–Crippen MR) is 154 cm³/mol. The molecule has 2 aliphatic rings. The molecule has 2 aliphatic carbocycles. The molecule has 39 heavy (non-hydrogen) atoms. The van der Waals surface area contributed by atoms with Crippen molar-refractivity contribution in [3.8, 4) is 5.75 Å². The Bertz CT molecular complexity index is 1020. The lowest BCUT2D eigenvalue weighted by molar-refractivity contribution is -0.151. The van der Waals surface area contributed by atoms with Crippen molar-refractivity contribution in [1.29, 1.82) is 0 Å². The summed E-state index contributed by atoms with van der Waals surface area (Å²) < 4.78 is 23.7. The van der Waals surface area contributed by atoms with Gasteiger partial charge in [-0.1, -0.05) is 57.2 Å². The zero-order chi connectivity index (χ0) is 28.3. The summed E-state index contributed by atoms with van der Waals surface area (Å²) in [4.78, 5) is 12.1. The van der Waals surface area contributed by atoms with Crippen LogP contribution in [-0.2, 0) is 24.4 Å². The number of carbonyl (C=O) groups excluding carboxylic acids is 1. The van der Waals surface area contributed by atoms with Gasteiger partial charge in [0, 0.05) is 11.0 Å². The van der Waals surface area contributed by atoms with Gasteiger partial charge in [0.25, 0.3) is 0 Å². The van der Waals surface area contributed by atoms with Gasteiger partial charge in [-0.05, 0) is 88.6 Å². The number of allylic oxidation sites excluding steroid dienone is 5. The van der Waals surface area contributed by atoms with Crippen molar-refractivity contribution in [3.63, 3.8) is 0 Å². The number of aliphatic hydroxyl groups excluding tert-OH is 1. The lowest BCUT2D eigenvalue weighted by Gasteiger charge is -2.31. The smallest absolute Gasteiger partial charge is 0.333 e. The van der Waals surface area contributed by atoms with Crippen molar-refractivity contribution in [3.05, 3.63) is 78.1 Å². The number of carbonyl (C=O) groups is 1. The van der Waals surface area contributed by atoms with Crippen LogP contribution in [0.3, 0.4) is 0 Å². The lowest BCUT2D eigenvalue weighted by atomic mass is 9.84. The molecule has 0 radical (unpaired) electrons. The highest BCUT2D eigenvalue weighted by Gasteiger charge is 2.31. The van der Waals surface area contributed by atoms with Crippen LogP contribution in [0.25, 0.3) is 0 Å². The van der Waals surface area contributed by atoms with E-state index in [2.05, 4.69) is 38.6 Å². The van der Waals surface area contributed by atoms with E-state index in [0.717, 1.165) is 68.4 Å². The molecule has 0 aromatic heterocycles. The molecular formula is C33H46O6. The molecule has 214 valence electrons. The van der Waals surface area contributed by atoms with E-state index in [1.165, 1.54) is 0 Å². The molecule has 0 heterocycles. The Balaban J connectivity index is 1.64. The van der Waals surface area contributed by atoms with Crippen molar-refractivity contribution in [2.24, 2.45) is 0 Å². The zero-order valence-corrected chi connectivity index (χ0v) is 24.1. The molecule has 0 amide bonds. The van der Waals surface area contributed by atoms with Gasteiger partial charge in [-0.15, -0.1) is 0 Å². The van der Waals surface area contributed by atoms with E-state index in [0.29, 0.717) is 5.57 Å². The molecule has 3 rings (SSSR count). The molecule has 2 fully saturated rings. The normalized spacial score (nSPS) is 24.6. The minimum Gasteiger partial charge on any atom is -0.488 e. The van der Waals surface area contributed by atoms with E-state index in [9.17, 15) is 9.90 Å². The van der Waals surface area contributed by atoms with Crippen LogP contribution in [0.2, 0.25) is 0 Å². The molecule has 1 aromatic rings. The molecule has 4 atom stereocenters. The van der Waals surface area contributed by atoms with Gasteiger partial charge < -0.3 is 24.1 Å². The molecule has 0 saturated heterocycles. The number of benzene rings is 1. The summed E-state index contributed by atoms with van der Waals surface area (Å²) in [5.74, 6) is 1.20. The molecular weight excluding hydrogens is 492 g/mol. The number of rotatable bonds is 12. The van der Waals surface area contributed by atoms with Crippen molar-refractivity contribution >= 4 is 5.97 Å². The summed E-state index contributed by atoms with van der Waals surface area (Å²) >= 11 is 0. The Kier molecular flexibility index (Phi) is 11.9. The maximum Gasteiger partial charge on any atom is 0.333 e. The Morgan fingerprint density at radius 1 is 0.974 bits per heavy atom. The van der Waals surface area contributed by atoms with Gasteiger partial charge in [0.1, 0.15) is 36.6 Å². The van der Waals surface area contributed by atoms with E-state index in [1.807, 2.05) is 43.4 Å². The van der Waals surface area contributed by atoms with Gasteiger partial charge in [-0.2, -0.15) is 0 Å². The van der Waals surface area contributed by atoms with Crippen molar-refractivity contribution in [1.82, 2.24) is 0 Å². The van der Waals surface area contributed by atoms with Crippen LogP contribution in [0, 0.1) is 0 Å². The van der Waals surface area contributed by atoms with Gasteiger partial charge in [0.2, 0.25) is 0 Å². The number of esters is 1. The highest BCUT2D eigenvalue weighted by atomic mass is 16.6. The number of hydrogen-bond acceptors (Lipinski definition) is 6. The van der Waals surface area contributed by atoms with E-state index in [-0.39, 0.29) is 42.6 Å². The maximum absolute atomic E-state index is 12.1. The van der Waals surface area contributed by atoms with E-state index >= 15 is 0 Å². The fourth-order valence-electron chi connectivity index (χ4n) is 5.15. The van der Waals surface area contributed by atoms with Gasteiger partial charge in [-0.25, -0.2) is 4.79 Å². The summed E-state index contributed by atoms with van der Waals surface area (Å²) in [5, 5.41) is 9.23. The Labute approximate surface area is 234 Å². The van der Waals surface area contributed by atoms with Crippen LogP contribution in [0.5, 0.6) is 5.75 Å². The average molecular weight is 539 g/mol. The molecule has 6 heteroatoms. The standard InChI is InChI=1S/C33H46O6/c1-6-12-26(37-29-15-8-7-14-28(29)36-23-34)13-11-22-33(4,5)25-18-20-27(21-19-25)38-30-16-9-10-17-31(30)39-32(35)24(2)3/h6,11-13,18-22,28-31,34H,2,7-10,14-17,23H2,1,3-5H3/b12-6-,22-11?,26-13+. The highest BCUT2D eigenvalue weighted by Crippen LogP contribution is 2.30. The van der Waals surface area contributed by atoms with Crippen molar-refractivity contribution < 1.29 is 28.8 Å². The van der Waals surface area contributed by atoms with E-state index in [1.54, 1.807) is 6.92 Å². The summed E-state index contributed by atoms with van der Waals surface area (Å²) in [5.41, 5.74) is 1.35. The first-order chi connectivity index (χ1) is 18.7. The molecule has 6 nitrogen and oxygen atoms in total. The topological polar surface area (TPSA) is 74.2 Å². The van der Waals surface area contributed by atoms with Gasteiger partial charge in [0.15, 0.2) is 0 Å². The van der Waals surface area contributed by atoms with Crippen LogP contribution in [0.15, 0.2) is 72.6 Å². The molecule has 4 unspecified atom stereocenters. The third kappa shape index (κ3) is 9.40. The van der Waals surface area contributed by atoms with E-state index in [4.69, 9.17) is 18.9 Å². The Morgan fingerprint density at radius 2 is 1.56 bits per heavy atom. The fraction of sp³-hybridized carbons (Fsp3) is 0.545. The van der Waals surface area contributed by atoms with Gasteiger partial charge in [0.05, 0.1) is 6.10 Å². The molecule has 0 bridgehead atoms. The van der Waals surface area contributed by atoms with Crippen LogP contribution in [0.1, 0.15) is 84.6 Å². The zero-order valence-electron chi connectivity index (χ0n) is 24.1. The first-order valence-corrected chi connectivity index (χ1v) is 14.3. The Hall–Kier alpha value is -2.83. The van der Waals surface area contributed by atoms with Crippen molar-refractivity contribution in [2.45, 2.75) is 109 Å². The number of ether oxygens (including phenoxy) is 4. The molecule has 2 saturated carbocycles. The summed E-state index contributed by atoms with van der Waals surface area (Å²) in [6.45, 7) is 11.4. The fourth-order valence-corrected chi connectivity index (χ4v) is 5.15. The lowest BCUT2D eigenvalue weighted by Crippen LogP contribution is -2.38. The van der Waals surface area contributed by atoms with Gasteiger partial charge >= 0.3 is 5.97 Å². The SMILES string of the molecule is C=C(C)C(=O)OC1CCCCC1Oc1ccc(C(C)(C)C=C/C=C(\C=C/C)OC2CCCCC2OCO)cc1. The number of aliphatic hydroxyl groups is 1. The minimum absolute atomic E-state index is 0.0598. The third-order valence-electron chi connectivity index (χ3n) is 7.46. The summed E-state index contributed by atoms with van der Waals surface area (Å²) in [6, 6.07) is 8.16. The monoisotopic (exact) mass is 538 g/mol. The third-order valence-corrected chi connectivity index (χ3v) is 7.46. The largest absolute Gasteiger partial charge is 0.488 e. The van der Waals surface area contributed by atoms with Crippen LogP contribution in [0.4, 0.5) is 0 Å². The maximum atomic E-state index is 12.1. The summed E-state index contributed by atoms with van der Waals surface area (Å²) in [7, 11) is 0. The number of hydrogen-bond donors (Lipinski definition) is 1.